The number of carbonyl (C=O) groups is 1. The van der Waals surface area contributed by atoms with Crippen LogP contribution in [-0.4, -0.2) is 39.7 Å². The molecule has 0 radical (unpaired) electrons. The second-order valence-electron chi connectivity index (χ2n) is 10.1. The monoisotopic (exact) mass is 603 g/mol. The van der Waals surface area contributed by atoms with Gasteiger partial charge in [-0.05, 0) is 61.4 Å². The summed E-state index contributed by atoms with van der Waals surface area (Å²) in [6, 6.07) is 8.70. The van der Waals surface area contributed by atoms with E-state index < -0.39 is 35.0 Å². The Balaban J connectivity index is 1.10. The molecule has 43 heavy (non-hydrogen) atoms. The molecule has 9 nitrogen and oxygen atoms in total. The second-order valence-corrected chi connectivity index (χ2v) is 10.1. The minimum atomic E-state index is -4.55. The Hall–Kier alpha value is -4.62. The summed E-state index contributed by atoms with van der Waals surface area (Å²) in [5.74, 6) is -2.22. The normalized spacial score (nSPS) is 17.0. The Morgan fingerprint density at radius 1 is 1.00 bits per heavy atom. The highest BCUT2D eigenvalue weighted by molar-refractivity contribution is 5.94. The number of methoxy groups -OCH3 is 1. The van der Waals surface area contributed by atoms with Crippen LogP contribution >= 0.6 is 0 Å². The van der Waals surface area contributed by atoms with Crippen LogP contribution in [0.4, 0.5) is 22.0 Å². The van der Waals surface area contributed by atoms with Crippen molar-refractivity contribution >= 4 is 5.91 Å². The molecule has 1 N–H and O–H groups in total. The van der Waals surface area contributed by atoms with Gasteiger partial charge in [0.05, 0.1) is 12.7 Å². The van der Waals surface area contributed by atoms with Crippen LogP contribution in [0.3, 0.4) is 0 Å². The molecule has 0 aliphatic heterocycles. The molecule has 1 fully saturated rings. The standard InChI is InChI=1S/C29H26F5N5O4/c1-41-21-8-4-17(5-9-21)15-42-24-22(30)10-19(11-23(24)31)27(40)37-12-16-2-6-18(7-3-16)28-38-26(39-43-28)25-35-13-20(14-36-25)29(32,33)34/h4-5,8-11,13-14,16,18H,2-3,6-7,12,15H2,1H3,(H,37,40)/t16-,18-. The van der Waals surface area contributed by atoms with E-state index in [-0.39, 0.29) is 35.7 Å². The lowest BCUT2D eigenvalue weighted by molar-refractivity contribution is -0.138. The fourth-order valence-corrected chi connectivity index (χ4v) is 4.74. The van der Waals surface area contributed by atoms with Crippen molar-refractivity contribution in [1.82, 2.24) is 25.4 Å². The molecule has 1 aliphatic rings. The summed E-state index contributed by atoms with van der Waals surface area (Å²) in [4.78, 5) is 24.3. The number of nitrogens with zero attached hydrogens (tertiary/aromatic N) is 4. The first-order valence-corrected chi connectivity index (χ1v) is 13.4. The van der Waals surface area contributed by atoms with Gasteiger partial charge in [0.25, 0.3) is 5.91 Å². The lowest BCUT2D eigenvalue weighted by Crippen LogP contribution is -2.31. The van der Waals surface area contributed by atoms with E-state index in [1.165, 1.54) is 7.11 Å². The lowest BCUT2D eigenvalue weighted by Gasteiger charge is -2.26. The average molecular weight is 604 g/mol. The number of hydrogen-bond acceptors (Lipinski definition) is 8. The van der Waals surface area contributed by atoms with E-state index in [2.05, 4.69) is 25.4 Å². The Kier molecular flexibility index (Phi) is 8.83. The molecule has 0 saturated heterocycles. The molecule has 0 atom stereocenters. The van der Waals surface area contributed by atoms with Crippen molar-refractivity contribution in [2.24, 2.45) is 5.92 Å². The Labute approximate surface area is 242 Å². The van der Waals surface area contributed by atoms with Gasteiger partial charge in [-0.2, -0.15) is 18.2 Å². The first-order chi connectivity index (χ1) is 20.6. The molecule has 5 rings (SSSR count). The summed E-state index contributed by atoms with van der Waals surface area (Å²) in [6.45, 7) is 0.235. The van der Waals surface area contributed by atoms with Gasteiger partial charge >= 0.3 is 6.18 Å². The number of alkyl halides is 3. The quantitative estimate of drug-likeness (QED) is 0.228. The van der Waals surface area contributed by atoms with Crippen molar-refractivity contribution in [3.63, 3.8) is 0 Å². The fourth-order valence-electron chi connectivity index (χ4n) is 4.74. The maximum Gasteiger partial charge on any atom is 0.419 e. The van der Waals surface area contributed by atoms with Gasteiger partial charge < -0.3 is 19.3 Å². The predicted octanol–water partition coefficient (Wildman–Crippen LogP) is 6.12. The number of ether oxygens (including phenoxy) is 2. The van der Waals surface area contributed by atoms with Gasteiger partial charge in [-0.15, -0.1) is 0 Å². The highest BCUT2D eigenvalue weighted by Crippen LogP contribution is 2.35. The molecule has 14 heteroatoms. The molecule has 0 spiro atoms. The fraction of sp³-hybridized carbons (Fsp3) is 0.345. The number of benzene rings is 2. The van der Waals surface area contributed by atoms with E-state index >= 15 is 0 Å². The third kappa shape index (κ3) is 7.24. The maximum absolute atomic E-state index is 14.6. The van der Waals surface area contributed by atoms with E-state index in [0.29, 0.717) is 61.8 Å². The summed E-state index contributed by atoms with van der Waals surface area (Å²) in [5, 5.41) is 6.53. The zero-order chi connectivity index (χ0) is 30.6. The molecular formula is C29H26F5N5O4. The summed E-state index contributed by atoms with van der Waals surface area (Å²) in [5.41, 5.74) is -0.458. The van der Waals surface area contributed by atoms with Crippen molar-refractivity contribution in [2.45, 2.75) is 44.4 Å². The van der Waals surface area contributed by atoms with E-state index in [0.717, 1.165) is 12.1 Å². The second kappa shape index (κ2) is 12.7. The van der Waals surface area contributed by atoms with Gasteiger partial charge in [-0.1, -0.05) is 17.3 Å². The molecule has 2 aromatic carbocycles. The van der Waals surface area contributed by atoms with Crippen molar-refractivity contribution in [1.29, 1.82) is 0 Å². The molecular weight excluding hydrogens is 577 g/mol. The molecule has 1 aliphatic carbocycles. The number of amides is 1. The number of hydrogen-bond donors (Lipinski definition) is 1. The van der Waals surface area contributed by atoms with Crippen molar-refractivity contribution in [3.05, 3.63) is 83.0 Å². The van der Waals surface area contributed by atoms with Crippen LogP contribution < -0.4 is 14.8 Å². The topological polar surface area (TPSA) is 112 Å². The van der Waals surface area contributed by atoms with E-state index in [4.69, 9.17) is 14.0 Å². The molecule has 1 saturated carbocycles. The van der Waals surface area contributed by atoms with Crippen LogP contribution in [0.1, 0.15) is 59.0 Å². The molecule has 2 aromatic heterocycles. The third-order valence-electron chi connectivity index (χ3n) is 7.17. The lowest BCUT2D eigenvalue weighted by atomic mass is 9.82. The zero-order valence-corrected chi connectivity index (χ0v) is 22.8. The Morgan fingerprint density at radius 3 is 2.26 bits per heavy atom. The van der Waals surface area contributed by atoms with Gasteiger partial charge in [-0.3, -0.25) is 4.79 Å². The Bertz CT molecular complexity index is 1530. The first kappa shape index (κ1) is 29.9. The summed E-state index contributed by atoms with van der Waals surface area (Å²) >= 11 is 0. The maximum atomic E-state index is 14.6. The average Bonchev–Trinajstić information content (AvgIpc) is 3.50. The number of halogens is 5. The van der Waals surface area contributed by atoms with Crippen LogP contribution in [0.2, 0.25) is 0 Å². The minimum Gasteiger partial charge on any atom is -0.497 e. The van der Waals surface area contributed by atoms with Gasteiger partial charge in [0.15, 0.2) is 17.4 Å². The highest BCUT2D eigenvalue weighted by Gasteiger charge is 2.32. The largest absolute Gasteiger partial charge is 0.497 e. The van der Waals surface area contributed by atoms with Crippen LogP contribution in [0, 0.1) is 17.6 Å². The van der Waals surface area contributed by atoms with Crippen LogP contribution in [-0.2, 0) is 12.8 Å². The number of nitrogens with one attached hydrogen (secondary N) is 1. The number of carbonyl (C=O) groups excluding carboxylic acids is 1. The van der Waals surface area contributed by atoms with Crippen molar-refractivity contribution in [3.8, 4) is 23.1 Å². The van der Waals surface area contributed by atoms with Gasteiger partial charge in [0.2, 0.25) is 17.5 Å². The zero-order valence-electron chi connectivity index (χ0n) is 22.8. The summed E-state index contributed by atoms with van der Waals surface area (Å²) < 4.78 is 83.2. The van der Waals surface area contributed by atoms with E-state index in [1.54, 1.807) is 24.3 Å². The summed E-state index contributed by atoms with van der Waals surface area (Å²) in [6.07, 6.45) is -0.483. The first-order valence-electron chi connectivity index (χ1n) is 13.4. The number of rotatable bonds is 9. The predicted molar refractivity (Wildman–Crippen MR) is 141 cm³/mol. The molecule has 0 bridgehead atoms. The highest BCUT2D eigenvalue weighted by atomic mass is 19.4. The van der Waals surface area contributed by atoms with E-state index in [1.807, 2.05) is 0 Å². The van der Waals surface area contributed by atoms with Gasteiger partial charge in [0, 0.05) is 30.4 Å². The Morgan fingerprint density at radius 2 is 1.65 bits per heavy atom. The molecule has 0 unspecified atom stereocenters. The minimum absolute atomic E-state index is 0.00488. The van der Waals surface area contributed by atoms with Gasteiger partial charge in [-0.25, -0.2) is 18.7 Å². The summed E-state index contributed by atoms with van der Waals surface area (Å²) in [7, 11) is 1.53. The van der Waals surface area contributed by atoms with E-state index in [9.17, 15) is 26.7 Å². The third-order valence-corrected chi connectivity index (χ3v) is 7.17. The van der Waals surface area contributed by atoms with Crippen molar-refractivity contribution in [2.75, 3.05) is 13.7 Å². The SMILES string of the molecule is COc1ccc(COc2c(F)cc(C(=O)NC[C@H]3CC[C@H](c4nc(-c5ncc(C(F)(F)F)cn5)no4)CC3)cc2F)cc1. The van der Waals surface area contributed by atoms with Crippen molar-refractivity contribution < 1.29 is 40.7 Å². The smallest absolute Gasteiger partial charge is 0.419 e. The molecule has 2 heterocycles. The number of aromatic nitrogens is 4. The van der Waals surface area contributed by atoms with Crippen LogP contribution in [0.15, 0.2) is 53.3 Å². The van der Waals surface area contributed by atoms with Gasteiger partial charge in [0.1, 0.15) is 12.4 Å². The molecule has 226 valence electrons. The van der Waals surface area contributed by atoms with Crippen LogP contribution in [0.5, 0.6) is 11.5 Å². The van der Waals surface area contributed by atoms with Crippen LogP contribution in [0.25, 0.3) is 11.6 Å². The molecule has 1 amide bonds. The molecule has 4 aromatic rings.